The number of benzene rings is 3. The second-order valence-corrected chi connectivity index (χ2v) is 8.05. The first-order chi connectivity index (χ1) is 16.4. The number of para-hydroxylation sites is 1. The van der Waals surface area contributed by atoms with E-state index in [-0.39, 0.29) is 23.6 Å². The average molecular weight is 477 g/mol. The summed E-state index contributed by atoms with van der Waals surface area (Å²) in [6, 6.07) is 20.0. The van der Waals surface area contributed by atoms with Crippen LogP contribution in [0.25, 0.3) is 10.2 Å². The number of ether oxygens (including phenoxy) is 2. The minimum Gasteiger partial charge on any atom is -0.465 e. The van der Waals surface area contributed by atoms with Crippen molar-refractivity contribution in [2.75, 3.05) is 6.61 Å². The molecule has 0 atom stereocenters. The van der Waals surface area contributed by atoms with Crippen molar-refractivity contribution in [2.45, 2.75) is 13.5 Å². The molecule has 1 aromatic heterocycles. The summed E-state index contributed by atoms with van der Waals surface area (Å²) in [7, 11) is 0. The van der Waals surface area contributed by atoms with Gasteiger partial charge in [-0.3, -0.25) is 19.7 Å². The molecule has 4 aromatic rings. The number of rotatable bonds is 7. The molecule has 0 spiro atoms. The minimum absolute atomic E-state index is 0.0936. The molecule has 172 valence electrons. The highest BCUT2D eigenvalue weighted by Crippen LogP contribution is 2.24. The van der Waals surface area contributed by atoms with Gasteiger partial charge < -0.3 is 14.0 Å². The maximum Gasteiger partial charge on any atom is 0.326 e. The molecule has 0 bridgehead atoms. The molecule has 3 aromatic carbocycles. The Morgan fingerprint density at radius 3 is 2.41 bits per heavy atom. The van der Waals surface area contributed by atoms with E-state index in [0.717, 1.165) is 11.3 Å². The lowest BCUT2D eigenvalue weighted by Crippen LogP contribution is -2.23. The zero-order valence-corrected chi connectivity index (χ0v) is 18.9. The molecule has 1 heterocycles. The maximum atomic E-state index is 12.9. The van der Waals surface area contributed by atoms with Gasteiger partial charge in [-0.05, 0) is 49.4 Å². The molecule has 0 saturated carbocycles. The van der Waals surface area contributed by atoms with E-state index in [1.165, 1.54) is 22.8 Å². The Balaban J connectivity index is 1.67. The number of carbonyl (C=O) groups excluding carboxylic acids is 2. The number of thiazole rings is 1. The van der Waals surface area contributed by atoms with Gasteiger partial charge in [-0.2, -0.15) is 4.99 Å². The number of nitro groups is 1. The summed E-state index contributed by atoms with van der Waals surface area (Å²) in [6.45, 7) is 1.72. The van der Waals surface area contributed by atoms with E-state index in [4.69, 9.17) is 9.47 Å². The summed E-state index contributed by atoms with van der Waals surface area (Å²) in [5, 5.41) is 11.1. The van der Waals surface area contributed by atoms with Crippen LogP contribution in [0.5, 0.6) is 11.5 Å². The molecule has 0 N–H and O–H groups in total. The predicted octanol–water partition coefficient (Wildman–Crippen LogP) is 4.71. The highest BCUT2D eigenvalue weighted by atomic mass is 32.1. The van der Waals surface area contributed by atoms with Crippen molar-refractivity contribution in [2.24, 2.45) is 4.99 Å². The molecular weight excluding hydrogens is 458 g/mol. The van der Waals surface area contributed by atoms with Gasteiger partial charge in [0.1, 0.15) is 18.0 Å². The summed E-state index contributed by atoms with van der Waals surface area (Å²) in [5.41, 5.74) is 0.775. The van der Waals surface area contributed by atoms with E-state index >= 15 is 0 Å². The van der Waals surface area contributed by atoms with Gasteiger partial charge in [0.2, 0.25) is 0 Å². The van der Waals surface area contributed by atoms with E-state index in [9.17, 15) is 19.7 Å². The topological polar surface area (TPSA) is 113 Å². The van der Waals surface area contributed by atoms with E-state index in [2.05, 4.69) is 4.99 Å². The molecule has 34 heavy (non-hydrogen) atoms. The second kappa shape index (κ2) is 10.1. The zero-order chi connectivity index (χ0) is 24.1. The van der Waals surface area contributed by atoms with Crippen molar-refractivity contribution in [3.05, 3.63) is 93.3 Å². The fourth-order valence-electron chi connectivity index (χ4n) is 3.19. The molecule has 0 saturated heterocycles. The Morgan fingerprint density at radius 2 is 1.74 bits per heavy atom. The Hall–Kier alpha value is -4.31. The van der Waals surface area contributed by atoms with Crippen molar-refractivity contribution >= 4 is 39.1 Å². The number of nitro benzene ring substituents is 1. The molecule has 10 heteroatoms. The van der Waals surface area contributed by atoms with Gasteiger partial charge in [0, 0.05) is 17.7 Å². The lowest BCUT2D eigenvalue weighted by molar-refractivity contribution is -0.384. The van der Waals surface area contributed by atoms with Crippen LogP contribution in [0.1, 0.15) is 17.3 Å². The summed E-state index contributed by atoms with van der Waals surface area (Å²) in [6.07, 6.45) is 0. The van der Waals surface area contributed by atoms with Crippen molar-refractivity contribution in [1.82, 2.24) is 4.57 Å². The van der Waals surface area contributed by atoms with Gasteiger partial charge >= 0.3 is 5.97 Å². The second-order valence-electron chi connectivity index (χ2n) is 7.04. The number of nitrogens with zero attached hydrogens (tertiary/aromatic N) is 3. The molecule has 0 aliphatic rings. The number of esters is 1. The normalized spacial score (nSPS) is 11.4. The molecule has 1 amide bonds. The molecule has 0 fully saturated rings. The Labute approximate surface area is 197 Å². The number of fused-ring (bicyclic) bond motifs is 1. The molecule has 0 aliphatic heterocycles. The highest BCUT2D eigenvalue weighted by Gasteiger charge is 2.16. The maximum absolute atomic E-state index is 12.9. The van der Waals surface area contributed by atoms with Gasteiger partial charge in [0.25, 0.3) is 11.6 Å². The van der Waals surface area contributed by atoms with Crippen LogP contribution in [0.3, 0.4) is 0 Å². The van der Waals surface area contributed by atoms with Crippen LogP contribution in [-0.4, -0.2) is 28.0 Å². The van der Waals surface area contributed by atoms with Crippen LogP contribution in [-0.2, 0) is 16.1 Å². The minimum atomic E-state index is -0.523. The van der Waals surface area contributed by atoms with Crippen LogP contribution in [0.4, 0.5) is 5.69 Å². The standard InChI is InChI=1S/C24H19N3O6S/c1-2-32-22(28)15-26-20-13-10-17(27(30)31)14-21(20)34-24(26)25-23(29)16-8-11-19(12-9-16)33-18-6-4-3-5-7-18/h3-14H,2,15H2,1H3. The Kier molecular flexibility index (Phi) is 6.79. The SMILES string of the molecule is CCOC(=O)Cn1c(=NC(=O)c2ccc(Oc3ccccc3)cc2)sc2cc([N+](=O)[O-])ccc21. The number of amides is 1. The van der Waals surface area contributed by atoms with Crippen LogP contribution in [0.2, 0.25) is 0 Å². The smallest absolute Gasteiger partial charge is 0.326 e. The fraction of sp³-hybridized carbons (Fsp3) is 0.125. The van der Waals surface area contributed by atoms with Gasteiger partial charge in [-0.15, -0.1) is 0 Å². The molecule has 0 aliphatic carbocycles. The van der Waals surface area contributed by atoms with Gasteiger partial charge in [0.05, 0.1) is 21.7 Å². The number of hydrogen-bond donors (Lipinski definition) is 0. The molecule has 9 nitrogen and oxygen atoms in total. The quantitative estimate of drug-likeness (QED) is 0.216. The summed E-state index contributed by atoms with van der Waals surface area (Å²) in [5.74, 6) is 0.210. The third-order valence-corrected chi connectivity index (χ3v) is 5.79. The van der Waals surface area contributed by atoms with E-state index in [1.54, 1.807) is 31.2 Å². The summed E-state index contributed by atoms with van der Waals surface area (Å²) >= 11 is 1.08. The summed E-state index contributed by atoms with van der Waals surface area (Å²) in [4.78, 5) is 40.1. The lowest BCUT2D eigenvalue weighted by atomic mass is 10.2. The largest absolute Gasteiger partial charge is 0.465 e. The highest BCUT2D eigenvalue weighted by molar-refractivity contribution is 7.16. The Morgan fingerprint density at radius 1 is 1.03 bits per heavy atom. The Bertz CT molecular complexity index is 1420. The summed E-state index contributed by atoms with van der Waals surface area (Å²) < 4.78 is 12.8. The van der Waals surface area contributed by atoms with Crippen molar-refractivity contribution < 1.29 is 24.0 Å². The molecular formula is C24H19N3O6S. The van der Waals surface area contributed by atoms with Gasteiger partial charge in [-0.1, -0.05) is 29.5 Å². The van der Waals surface area contributed by atoms with Gasteiger partial charge in [-0.25, -0.2) is 0 Å². The van der Waals surface area contributed by atoms with Crippen LogP contribution >= 0.6 is 11.3 Å². The first-order valence-electron chi connectivity index (χ1n) is 10.3. The third-order valence-electron chi connectivity index (χ3n) is 4.75. The van der Waals surface area contributed by atoms with E-state index in [1.807, 2.05) is 30.3 Å². The third kappa shape index (κ3) is 5.18. The van der Waals surface area contributed by atoms with Crippen molar-refractivity contribution in [1.29, 1.82) is 0 Å². The van der Waals surface area contributed by atoms with E-state index < -0.39 is 16.8 Å². The number of aromatic nitrogens is 1. The van der Waals surface area contributed by atoms with E-state index in [0.29, 0.717) is 27.3 Å². The monoisotopic (exact) mass is 477 g/mol. The fourth-order valence-corrected chi connectivity index (χ4v) is 4.25. The molecule has 4 rings (SSSR count). The zero-order valence-electron chi connectivity index (χ0n) is 18.0. The van der Waals surface area contributed by atoms with Crippen LogP contribution in [0, 0.1) is 10.1 Å². The number of non-ortho nitro benzene ring substituents is 1. The predicted molar refractivity (Wildman–Crippen MR) is 126 cm³/mol. The lowest BCUT2D eigenvalue weighted by Gasteiger charge is -2.06. The average Bonchev–Trinajstić information content (AvgIpc) is 3.16. The van der Waals surface area contributed by atoms with Crippen LogP contribution in [0.15, 0.2) is 77.8 Å². The number of hydrogen-bond acceptors (Lipinski definition) is 7. The van der Waals surface area contributed by atoms with Crippen molar-refractivity contribution in [3.8, 4) is 11.5 Å². The first kappa shape index (κ1) is 22.9. The molecule has 0 unspecified atom stereocenters. The van der Waals surface area contributed by atoms with Crippen LogP contribution < -0.4 is 9.54 Å². The number of carbonyl (C=O) groups is 2. The first-order valence-corrected chi connectivity index (χ1v) is 11.1. The molecule has 0 radical (unpaired) electrons. The van der Waals surface area contributed by atoms with Crippen molar-refractivity contribution in [3.63, 3.8) is 0 Å². The van der Waals surface area contributed by atoms with Gasteiger partial charge in [0.15, 0.2) is 4.80 Å².